The Kier molecular flexibility index (Phi) is 12.9. The highest BCUT2D eigenvalue weighted by Gasteiger charge is 2.10. The Hall–Kier alpha value is -0.706. The van der Waals surface area contributed by atoms with Crippen molar-refractivity contribution >= 4 is 24.7 Å². The third kappa shape index (κ3) is 9.53. The Morgan fingerprint density at radius 3 is 1.60 bits per heavy atom. The Morgan fingerprint density at radius 2 is 1.20 bits per heavy atom. The number of anilines is 1. The van der Waals surface area contributed by atoms with Crippen molar-refractivity contribution in [3.05, 3.63) is 30.3 Å². The minimum absolute atomic E-state index is 0.0635. The fourth-order valence-electron chi connectivity index (χ4n) is 2.51. The van der Waals surface area contributed by atoms with Gasteiger partial charge in [0.15, 0.2) is 0 Å². The average molecular weight is 382 g/mol. The van der Waals surface area contributed by atoms with Gasteiger partial charge in [0.25, 0.3) is 0 Å². The molecule has 0 aliphatic rings. The number of benzene rings is 1. The van der Waals surface area contributed by atoms with Crippen molar-refractivity contribution in [1.29, 1.82) is 0 Å². The minimum Gasteiger partial charge on any atom is -0.372 e. The monoisotopic (exact) mass is 381 g/mol. The topological polar surface area (TPSA) is 40.2 Å². The molecule has 140 valence electrons. The van der Waals surface area contributed by atoms with Crippen LogP contribution in [-0.4, -0.2) is 72.4 Å². The molecular formula is C18H31NO4Si2. The highest BCUT2D eigenvalue weighted by molar-refractivity contribution is 6.36. The number of nitrogens with zero attached hydrogens (tertiary/aromatic N) is 1. The smallest absolute Gasteiger partial charge is 0.136 e. The second-order valence-electron chi connectivity index (χ2n) is 5.54. The molecule has 0 bridgehead atoms. The normalized spacial score (nSPS) is 11.4. The van der Waals surface area contributed by atoms with Crippen LogP contribution in [0.1, 0.15) is 12.8 Å². The highest BCUT2D eigenvalue weighted by Crippen LogP contribution is 2.15. The van der Waals surface area contributed by atoms with Gasteiger partial charge >= 0.3 is 0 Å². The lowest BCUT2D eigenvalue weighted by Gasteiger charge is -2.25. The van der Waals surface area contributed by atoms with E-state index >= 15 is 0 Å². The molecule has 4 radical (unpaired) electrons. The zero-order valence-electron chi connectivity index (χ0n) is 15.9. The maximum atomic E-state index is 5.27. The van der Waals surface area contributed by atoms with Crippen LogP contribution in [0.2, 0.25) is 12.1 Å². The lowest BCUT2D eigenvalue weighted by molar-refractivity contribution is -0.0442. The molecule has 1 aromatic carbocycles. The van der Waals surface area contributed by atoms with Crippen molar-refractivity contribution < 1.29 is 18.9 Å². The zero-order valence-corrected chi connectivity index (χ0v) is 17.9. The predicted molar refractivity (Wildman–Crippen MR) is 105 cm³/mol. The van der Waals surface area contributed by atoms with Gasteiger partial charge in [-0.15, -0.1) is 0 Å². The van der Waals surface area contributed by atoms with E-state index in [0.29, 0.717) is 19.0 Å². The number of ether oxygens (including phenoxy) is 4. The summed E-state index contributed by atoms with van der Waals surface area (Å²) in [6, 6.07) is 12.9. The van der Waals surface area contributed by atoms with E-state index in [2.05, 4.69) is 35.2 Å². The number of hydrogen-bond acceptors (Lipinski definition) is 5. The Balaban J connectivity index is 2.40. The van der Waals surface area contributed by atoms with Crippen molar-refractivity contribution in [2.75, 3.05) is 46.4 Å². The van der Waals surface area contributed by atoms with E-state index in [1.165, 1.54) is 5.69 Å². The lowest BCUT2D eigenvalue weighted by Crippen LogP contribution is -2.28. The molecule has 0 N–H and O–H groups in total. The standard InChI is InChI=1S/C18H31NO4Si2/c1-20-17(21-2)24-14-8-12-19(16-10-6-5-7-11-16)13-9-15-25-18(22-3)23-4/h5-7,10-11,17-18H,8-9,12-15H2,1-4H3. The van der Waals surface area contributed by atoms with Crippen molar-refractivity contribution in [2.24, 2.45) is 0 Å². The van der Waals surface area contributed by atoms with E-state index in [4.69, 9.17) is 18.9 Å². The van der Waals surface area contributed by atoms with E-state index in [9.17, 15) is 0 Å². The first-order valence-electron chi connectivity index (χ1n) is 8.63. The first-order valence-corrected chi connectivity index (χ1v) is 11.2. The van der Waals surface area contributed by atoms with E-state index < -0.39 is 0 Å². The van der Waals surface area contributed by atoms with E-state index in [0.717, 1.165) is 38.0 Å². The summed E-state index contributed by atoms with van der Waals surface area (Å²) in [4.78, 5) is 2.47. The summed E-state index contributed by atoms with van der Waals surface area (Å²) < 4.78 is 21.1. The van der Waals surface area contributed by atoms with Crippen LogP contribution in [0.25, 0.3) is 0 Å². The summed E-state index contributed by atoms with van der Waals surface area (Å²) in [5.41, 5.74) is 1.29. The molecule has 25 heavy (non-hydrogen) atoms. The number of rotatable bonds is 15. The summed E-state index contributed by atoms with van der Waals surface area (Å²) in [5, 5.41) is 0. The molecule has 0 saturated carbocycles. The quantitative estimate of drug-likeness (QED) is 0.265. The summed E-state index contributed by atoms with van der Waals surface area (Å²) in [6.07, 6.45) is 2.27. The summed E-state index contributed by atoms with van der Waals surface area (Å²) in [7, 11) is 8.15. The van der Waals surface area contributed by atoms with Crippen molar-refractivity contribution in [3.8, 4) is 0 Å². The molecule has 1 aromatic rings. The molecule has 5 nitrogen and oxygen atoms in total. The van der Waals surface area contributed by atoms with Crippen LogP contribution < -0.4 is 4.90 Å². The Morgan fingerprint density at radius 1 is 0.760 bits per heavy atom. The van der Waals surface area contributed by atoms with Crippen LogP contribution in [-0.2, 0) is 18.9 Å². The molecule has 0 aliphatic carbocycles. The molecule has 0 fully saturated rings. The molecule has 0 amide bonds. The molecule has 0 aromatic heterocycles. The van der Waals surface area contributed by atoms with Crippen LogP contribution in [0.4, 0.5) is 5.69 Å². The van der Waals surface area contributed by atoms with Gasteiger partial charge < -0.3 is 23.8 Å². The van der Waals surface area contributed by atoms with Gasteiger partial charge in [-0.2, -0.15) is 0 Å². The van der Waals surface area contributed by atoms with Gasteiger partial charge in [0, 0.05) is 47.2 Å². The highest BCUT2D eigenvalue weighted by atomic mass is 28.2. The first-order chi connectivity index (χ1) is 12.2. The first kappa shape index (κ1) is 22.3. The van der Waals surface area contributed by atoms with Crippen molar-refractivity contribution in [2.45, 2.75) is 36.8 Å². The second kappa shape index (κ2) is 14.5. The van der Waals surface area contributed by atoms with E-state index in [1.807, 2.05) is 0 Å². The lowest BCUT2D eigenvalue weighted by atomic mass is 10.2. The van der Waals surface area contributed by atoms with Crippen LogP contribution in [0.5, 0.6) is 0 Å². The van der Waals surface area contributed by atoms with Gasteiger partial charge in [0.05, 0.1) is 0 Å². The predicted octanol–water partition coefficient (Wildman–Crippen LogP) is 2.67. The molecule has 1 rings (SSSR count). The van der Waals surface area contributed by atoms with Gasteiger partial charge in [0.1, 0.15) is 30.9 Å². The van der Waals surface area contributed by atoms with Crippen LogP contribution >= 0.6 is 0 Å². The van der Waals surface area contributed by atoms with Crippen LogP contribution in [0.3, 0.4) is 0 Å². The summed E-state index contributed by atoms with van der Waals surface area (Å²) in [6.45, 7) is 2.11. The molecule has 7 heteroatoms. The SMILES string of the molecule is COC(OC)[Si]CCCN(CCC[Si]C(OC)OC)c1ccccc1. The van der Waals surface area contributed by atoms with Gasteiger partial charge in [0.2, 0.25) is 0 Å². The maximum Gasteiger partial charge on any atom is 0.136 e. The molecule has 0 heterocycles. The number of hydrogen-bond donors (Lipinski definition) is 0. The Labute approximate surface area is 157 Å². The van der Waals surface area contributed by atoms with Gasteiger partial charge in [-0.25, -0.2) is 0 Å². The second-order valence-corrected chi connectivity index (χ2v) is 8.30. The summed E-state index contributed by atoms with van der Waals surface area (Å²) >= 11 is 0. The number of methoxy groups -OCH3 is 4. The fourth-order valence-corrected chi connectivity index (χ4v) is 4.38. The van der Waals surface area contributed by atoms with Gasteiger partial charge in [-0.3, -0.25) is 0 Å². The van der Waals surface area contributed by atoms with E-state index in [-0.39, 0.29) is 11.8 Å². The minimum atomic E-state index is -0.0635. The molecule has 0 atom stereocenters. The van der Waals surface area contributed by atoms with Crippen LogP contribution in [0.15, 0.2) is 30.3 Å². The third-order valence-electron chi connectivity index (χ3n) is 3.81. The molecular weight excluding hydrogens is 350 g/mol. The molecule has 0 unspecified atom stereocenters. The van der Waals surface area contributed by atoms with Gasteiger partial charge in [-0.05, 0) is 25.0 Å². The number of para-hydroxylation sites is 1. The van der Waals surface area contributed by atoms with Crippen molar-refractivity contribution in [3.63, 3.8) is 0 Å². The fraction of sp³-hybridized carbons (Fsp3) is 0.667. The van der Waals surface area contributed by atoms with Crippen molar-refractivity contribution in [1.82, 2.24) is 0 Å². The molecule has 0 saturated heterocycles. The molecule has 0 aliphatic heterocycles. The Bertz CT molecular complexity index is 397. The average Bonchev–Trinajstić information content (AvgIpc) is 2.67. The maximum absolute atomic E-state index is 5.27. The van der Waals surface area contributed by atoms with Gasteiger partial charge in [-0.1, -0.05) is 30.3 Å². The third-order valence-corrected chi connectivity index (χ3v) is 6.70. The molecule has 0 spiro atoms. The van der Waals surface area contributed by atoms with Crippen LogP contribution in [0, 0.1) is 0 Å². The largest absolute Gasteiger partial charge is 0.372 e. The zero-order chi connectivity index (χ0) is 18.3. The summed E-state index contributed by atoms with van der Waals surface area (Å²) in [5.74, 6) is -0.127. The van der Waals surface area contributed by atoms with E-state index in [1.54, 1.807) is 28.4 Å².